The molecule has 2 aromatic heterocycles. The van der Waals surface area contributed by atoms with Crippen LogP contribution in [0.3, 0.4) is 0 Å². The lowest BCUT2D eigenvalue weighted by atomic mass is 9.93. The molecule has 1 fully saturated rings. The van der Waals surface area contributed by atoms with E-state index in [2.05, 4.69) is 41.9 Å². The average Bonchev–Trinajstić information content (AvgIpc) is 3.62. The number of fused-ring (bicyclic) bond motifs is 1. The second-order valence-corrected chi connectivity index (χ2v) is 11.1. The van der Waals surface area contributed by atoms with E-state index in [0.29, 0.717) is 45.7 Å². The van der Waals surface area contributed by atoms with Crippen LogP contribution in [0.15, 0.2) is 59.1 Å². The van der Waals surface area contributed by atoms with Crippen LogP contribution in [-0.4, -0.2) is 61.0 Å². The van der Waals surface area contributed by atoms with Gasteiger partial charge in [0.25, 0.3) is 5.91 Å². The van der Waals surface area contributed by atoms with Crippen LogP contribution < -0.4 is 4.74 Å². The number of carbonyl (C=O) groups excluding carboxylic acids is 1. The first-order valence-corrected chi connectivity index (χ1v) is 13.8. The van der Waals surface area contributed by atoms with E-state index in [4.69, 9.17) is 9.15 Å². The zero-order chi connectivity index (χ0) is 28.4. The topological polar surface area (TPSA) is 82.6 Å². The van der Waals surface area contributed by atoms with E-state index in [1.54, 1.807) is 39.5 Å². The number of rotatable bonds is 8. The highest BCUT2D eigenvalue weighted by Crippen LogP contribution is 2.38. The van der Waals surface area contributed by atoms with Crippen molar-refractivity contribution in [3.05, 3.63) is 71.4 Å². The molecule has 0 saturated carbocycles. The second-order valence-electron chi connectivity index (χ2n) is 11.1. The summed E-state index contributed by atoms with van der Waals surface area (Å²) in [6, 6.07) is 18.3. The lowest BCUT2D eigenvalue weighted by Gasteiger charge is -2.20. The molecular weight excluding hydrogens is 500 g/mol. The van der Waals surface area contributed by atoms with E-state index in [-0.39, 0.29) is 5.91 Å². The smallest absolute Gasteiger partial charge is 0.253 e. The molecule has 0 bridgehead atoms. The van der Waals surface area contributed by atoms with Gasteiger partial charge in [-0.1, -0.05) is 12.1 Å². The molecule has 2 aromatic carbocycles. The van der Waals surface area contributed by atoms with E-state index < -0.39 is 0 Å². The van der Waals surface area contributed by atoms with Crippen molar-refractivity contribution < 1.29 is 13.9 Å². The van der Waals surface area contributed by atoms with Crippen LogP contribution >= 0.6 is 0 Å². The number of aromatic nitrogens is 1. The molecule has 4 aromatic rings. The quantitative estimate of drug-likeness (QED) is 0.259. The number of nitrogens with zero attached hydrogens (tertiary/aromatic N) is 4. The predicted octanol–water partition coefficient (Wildman–Crippen LogP) is 6.41. The van der Waals surface area contributed by atoms with Gasteiger partial charge in [-0.3, -0.25) is 9.78 Å². The molecule has 206 valence electrons. The Morgan fingerprint density at radius 1 is 1.18 bits per heavy atom. The number of ether oxygens (including phenoxy) is 1. The standard InChI is InChI=1S/C33H36N4O3/c1-21(2)37-15-13-22(20-37)6-7-23-8-9-24(16-26(23)19-34)27-12-14-35-29-18-31(40-32(27)29)28-11-10-25(17-30(28)39-5)33(38)36(3)4/h8-12,14,16-18,21-22H,6-7,13,15,20H2,1-5H3. The van der Waals surface area contributed by atoms with Crippen molar-refractivity contribution in [3.63, 3.8) is 0 Å². The Labute approximate surface area is 236 Å². The van der Waals surface area contributed by atoms with Gasteiger partial charge < -0.3 is 19.0 Å². The normalized spacial score (nSPS) is 15.5. The molecule has 40 heavy (non-hydrogen) atoms. The summed E-state index contributed by atoms with van der Waals surface area (Å²) in [6.07, 6.45) is 4.99. The summed E-state index contributed by atoms with van der Waals surface area (Å²) >= 11 is 0. The number of furan rings is 1. The number of nitriles is 1. The molecular formula is C33H36N4O3. The molecule has 0 spiro atoms. The fourth-order valence-corrected chi connectivity index (χ4v) is 5.58. The van der Waals surface area contributed by atoms with Gasteiger partial charge in [-0.25, -0.2) is 0 Å². The highest BCUT2D eigenvalue weighted by molar-refractivity contribution is 5.96. The van der Waals surface area contributed by atoms with E-state index in [1.807, 2.05) is 24.3 Å². The fraction of sp³-hybridized carbons (Fsp3) is 0.364. The number of pyridine rings is 1. The molecule has 1 aliphatic rings. The summed E-state index contributed by atoms with van der Waals surface area (Å²) in [5, 5.41) is 9.98. The SMILES string of the molecule is COc1cc(C(=O)N(C)C)ccc1-c1cc2nccc(-c3ccc(CCC4CCN(C(C)C)C4)c(C#N)c3)c2o1. The van der Waals surface area contributed by atoms with Gasteiger partial charge in [-0.05, 0) is 87.0 Å². The number of carbonyl (C=O) groups is 1. The second kappa shape index (κ2) is 11.5. The Kier molecular flexibility index (Phi) is 7.90. The molecule has 1 unspecified atom stereocenters. The maximum atomic E-state index is 12.4. The first kappa shape index (κ1) is 27.4. The van der Waals surface area contributed by atoms with Gasteiger partial charge in [0.05, 0.1) is 24.3 Å². The van der Waals surface area contributed by atoms with Crippen molar-refractivity contribution in [1.29, 1.82) is 5.26 Å². The third kappa shape index (κ3) is 5.45. The van der Waals surface area contributed by atoms with E-state index >= 15 is 0 Å². The molecule has 1 amide bonds. The van der Waals surface area contributed by atoms with Gasteiger partial charge >= 0.3 is 0 Å². The Morgan fingerprint density at radius 2 is 2.00 bits per heavy atom. The number of amides is 1. The predicted molar refractivity (Wildman–Crippen MR) is 157 cm³/mol. The maximum absolute atomic E-state index is 12.4. The van der Waals surface area contributed by atoms with Crippen molar-refractivity contribution in [3.8, 4) is 34.3 Å². The molecule has 1 aliphatic heterocycles. The molecule has 3 heterocycles. The molecule has 7 nitrogen and oxygen atoms in total. The van der Waals surface area contributed by atoms with Gasteiger partial charge in [0.2, 0.25) is 0 Å². The molecule has 7 heteroatoms. The highest BCUT2D eigenvalue weighted by Gasteiger charge is 2.24. The Balaban J connectivity index is 1.43. The number of hydrogen-bond acceptors (Lipinski definition) is 6. The largest absolute Gasteiger partial charge is 0.496 e. The molecule has 5 rings (SSSR count). The van der Waals surface area contributed by atoms with Crippen molar-refractivity contribution in [1.82, 2.24) is 14.8 Å². The van der Waals surface area contributed by atoms with E-state index in [9.17, 15) is 10.1 Å². The monoisotopic (exact) mass is 536 g/mol. The maximum Gasteiger partial charge on any atom is 0.253 e. The highest BCUT2D eigenvalue weighted by atomic mass is 16.5. The summed E-state index contributed by atoms with van der Waals surface area (Å²) in [5.74, 6) is 1.72. The zero-order valence-corrected chi connectivity index (χ0v) is 23.9. The summed E-state index contributed by atoms with van der Waals surface area (Å²) in [4.78, 5) is 21.0. The fourth-order valence-electron chi connectivity index (χ4n) is 5.58. The first-order valence-electron chi connectivity index (χ1n) is 13.8. The third-order valence-corrected chi connectivity index (χ3v) is 7.94. The lowest BCUT2D eigenvalue weighted by molar-refractivity contribution is 0.0827. The number of aryl methyl sites for hydroxylation is 1. The van der Waals surface area contributed by atoms with Crippen molar-refractivity contribution >= 4 is 17.0 Å². The molecule has 1 saturated heterocycles. The summed E-state index contributed by atoms with van der Waals surface area (Å²) in [6.45, 7) is 6.83. The van der Waals surface area contributed by atoms with Crippen molar-refractivity contribution in [2.75, 3.05) is 34.3 Å². The van der Waals surface area contributed by atoms with E-state index in [0.717, 1.165) is 41.6 Å². The summed E-state index contributed by atoms with van der Waals surface area (Å²) in [5.41, 5.74) is 6.21. The zero-order valence-electron chi connectivity index (χ0n) is 23.9. The van der Waals surface area contributed by atoms with Crippen LogP contribution in [0.25, 0.3) is 33.6 Å². The van der Waals surface area contributed by atoms with Crippen LogP contribution in [0.2, 0.25) is 0 Å². The summed E-state index contributed by atoms with van der Waals surface area (Å²) in [7, 11) is 5.01. The number of likely N-dealkylation sites (tertiary alicyclic amines) is 1. The van der Waals surface area contributed by atoms with Crippen molar-refractivity contribution in [2.24, 2.45) is 5.92 Å². The Hall–Kier alpha value is -4.15. The Bertz CT molecular complexity index is 1580. The molecule has 0 aliphatic carbocycles. The third-order valence-electron chi connectivity index (χ3n) is 7.94. The van der Waals surface area contributed by atoms with Gasteiger partial charge in [-0.15, -0.1) is 0 Å². The minimum absolute atomic E-state index is 0.101. The summed E-state index contributed by atoms with van der Waals surface area (Å²) < 4.78 is 12.0. The van der Waals surface area contributed by atoms with Crippen LogP contribution in [0.1, 0.15) is 48.2 Å². The van der Waals surface area contributed by atoms with Crippen LogP contribution in [-0.2, 0) is 6.42 Å². The van der Waals surface area contributed by atoms with Gasteiger partial charge in [0.15, 0.2) is 5.58 Å². The first-order chi connectivity index (χ1) is 19.3. The van der Waals surface area contributed by atoms with Crippen molar-refractivity contribution in [2.45, 2.75) is 39.2 Å². The van der Waals surface area contributed by atoms with Crippen LogP contribution in [0.5, 0.6) is 5.75 Å². The minimum Gasteiger partial charge on any atom is -0.496 e. The lowest BCUT2D eigenvalue weighted by Crippen LogP contribution is -2.28. The molecule has 1 atom stereocenters. The minimum atomic E-state index is -0.101. The van der Waals surface area contributed by atoms with Gasteiger partial charge in [0, 0.05) is 50.1 Å². The average molecular weight is 537 g/mol. The number of methoxy groups -OCH3 is 1. The van der Waals surface area contributed by atoms with Gasteiger partial charge in [-0.2, -0.15) is 5.26 Å². The Morgan fingerprint density at radius 3 is 2.70 bits per heavy atom. The number of benzene rings is 2. The molecule has 0 N–H and O–H groups in total. The van der Waals surface area contributed by atoms with Gasteiger partial charge in [0.1, 0.15) is 17.0 Å². The molecule has 0 radical (unpaired) electrons. The van der Waals surface area contributed by atoms with Crippen LogP contribution in [0.4, 0.5) is 0 Å². The van der Waals surface area contributed by atoms with E-state index in [1.165, 1.54) is 17.9 Å². The number of hydrogen-bond donors (Lipinski definition) is 0. The van der Waals surface area contributed by atoms with Crippen LogP contribution in [0, 0.1) is 17.2 Å².